The van der Waals surface area contributed by atoms with E-state index in [1.54, 1.807) is 30.3 Å². The van der Waals surface area contributed by atoms with Crippen LogP contribution in [0.2, 0.25) is 0 Å². The molecule has 8 heteroatoms. The Morgan fingerprint density at radius 1 is 1.15 bits per heavy atom. The Morgan fingerprint density at radius 3 is 2.63 bits per heavy atom. The monoisotopic (exact) mass is 368 g/mol. The lowest BCUT2D eigenvalue weighted by Gasteiger charge is -2.32. The van der Waals surface area contributed by atoms with Gasteiger partial charge in [-0.3, -0.25) is 4.79 Å². The van der Waals surface area contributed by atoms with Crippen molar-refractivity contribution in [1.29, 1.82) is 0 Å². The van der Waals surface area contributed by atoms with Crippen molar-refractivity contribution in [2.45, 2.75) is 38.8 Å². The first-order valence-corrected chi connectivity index (χ1v) is 8.87. The SMILES string of the molecule is CC(C)(C)N1CC(Nc2ccc3nnc(-c4ccccc4F)n3n2)CC1=O. The minimum absolute atomic E-state index is 0.0323. The van der Waals surface area contributed by atoms with E-state index in [9.17, 15) is 9.18 Å². The van der Waals surface area contributed by atoms with Gasteiger partial charge in [-0.2, -0.15) is 4.52 Å². The minimum atomic E-state index is -0.380. The van der Waals surface area contributed by atoms with E-state index >= 15 is 0 Å². The Kier molecular flexibility index (Phi) is 4.05. The Labute approximate surface area is 156 Å². The van der Waals surface area contributed by atoms with Gasteiger partial charge in [0.25, 0.3) is 0 Å². The van der Waals surface area contributed by atoms with Crippen LogP contribution in [0.4, 0.5) is 10.2 Å². The summed E-state index contributed by atoms with van der Waals surface area (Å²) in [5.74, 6) is 0.672. The normalized spacial score (nSPS) is 17.7. The van der Waals surface area contributed by atoms with Crippen molar-refractivity contribution < 1.29 is 9.18 Å². The lowest BCUT2D eigenvalue weighted by Crippen LogP contribution is -2.43. The van der Waals surface area contributed by atoms with Gasteiger partial charge in [0, 0.05) is 18.5 Å². The second-order valence-electron chi connectivity index (χ2n) is 7.71. The first kappa shape index (κ1) is 17.4. The van der Waals surface area contributed by atoms with E-state index in [4.69, 9.17) is 0 Å². The third-order valence-corrected chi connectivity index (χ3v) is 4.66. The molecule has 3 heterocycles. The standard InChI is InChI=1S/C19H21FN6O/c1-19(2,3)25-11-12(10-17(25)27)21-15-8-9-16-22-23-18(26(16)24-15)13-6-4-5-7-14(13)20/h4-9,12H,10-11H2,1-3H3,(H,21,24). The van der Waals surface area contributed by atoms with Gasteiger partial charge in [-0.05, 0) is 45.0 Å². The van der Waals surface area contributed by atoms with E-state index in [1.165, 1.54) is 10.6 Å². The zero-order valence-corrected chi connectivity index (χ0v) is 15.5. The van der Waals surface area contributed by atoms with Gasteiger partial charge in [0.1, 0.15) is 11.6 Å². The highest BCUT2D eigenvalue weighted by molar-refractivity contribution is 5.80. The number of halogens is 1. The predicted octanol–water partition coefficient (Wildman–Crippen LogP) is 2.74. The Bertz CT molecular complexity index is 1010. The Hall–Kier alpha value is -3.03. The quantitative estimate of drug-likeness (QED) is 0.769. The fraction of sp³-hybridized carbons (Fsp3) is 0.368. The Morgan fingerprint density at radius 2 is 1.93 bits per heavy atom. The average Bonchev–Trinajstić information content (AvgIpc) is 3.18. The van der Waals surface area contributed by atoms with E-state index in [2.05, 4.69) is 20.6 Å². The highest BCUT2D eigenvalue weighted by Crippen LogP contribution is 2.25. The molecule has 3 aromatic rings. The van der Waals surface area contributed by atoms with Crippen LogP contribution in [0.15, 0.2) is 36.4 Å². The van der Waals surface area contributed by atoms with Crippen LogP contribution >= 0.6 is 0 Å². The van der Waals surface area contributed by atoms with Crippen LogP contribution in [0, 0.1) is 5.82 Å². The third-order valence-electron chi connectivity index (χ3n) is 4.66. The zero-order chi connectivity index (χ0) is 19.2. The average molecular weight is 368 g/mol. The number of rotatable bonds is 3. The summed E-state index contributed by atoms with van der Waals surface area (Å²) < 4.78 is 15.7. The molecule has 1 atom stereocenters. The molecule has 0 aliphatic carbocycles. The van der Waals surface area contributed by atoms with Crippen molar-refractivity contribution >= 4 is 17.4 Å². The van der Waals surface area contributed by atoms with Crippen LogP contribution in [0.1, 0.15) is 27.2 Å². The molecule has 7 nitrogen and oxygen atoms in total. The predicted molar refractivity (Wildman–Crippen MR) is 99.7 cm³/mol. The van der Waals surface area contributed by atoms with Crippen molar-refractivity contribution in [2.24, 2.45) is 0 Å². The van der Waals surface area contributed by atoms with Crippen molar-refractivity contribution in [3.05, 3.63) is 42.2 Å². The van der Waals surface area contributed by atoms with Gasteiger partial charge in [-0.1, -0.05) is 12.1 Å². The van der Waals surface area contributed by atoms with Crippen LogP contribution in [0.3, 0.4) is 0 Å². The van der Waals surface area contributed by atoms with E-state index < -0.39 is 0 Å². The molecule has 4 rings (SSSR count). The molecule has 1 unspecified atom stereocenters. The summed E-state index contributed by atoms with van der Waals surface area (Å²) in [7, 11) is 0. The van der Waals surface area contributed by atoms with Crippen LogP contribution < -0.4 is 5.32 Å². The molecule has 1 aliphatic heterocycles. The largest absolute Gasteiger partial charge is 0.364 e. The maximum atomic E-state index is 14.1. The molecule has 0 radical (unpaired) electrons. The zero-order valence-electron chi connectivity index (χ0n) is 15.5. The minimum Gasteiger partial charge on any atom is -0.364 e. The van der Waals surface area contributed by atoms with Gasteiger partial charge in [0.15, 0.2) is 11.5 Å². The molecule has 0 spiro atoms. The van der Waals surface area contributed by atoms with Gasteiger partial charge >= 0.3 is 0 Å². The summed E-state index contributed by atoms with van der Waals surface area (Å²) in [5.41, 5.74) is 0.652. The maximum Gasteiger partial charge on any atom is 0.225 e. The number of carbonyl (C=O) groups is 1. The number of amides is 1. The summed E-state index contributed by atoms with van der Waals surface area (Å²) >= 11 is 0. The number of nitrogens with one attached hydrogen (secondary N) is 1. The number of hydrogen-bond donors (Lipinski definition) is 1. The fourth-order valence-corrected chi connectivity index (χ4v) is 3.34. The lowest BCUT2D eigenvalue weighted by molar-refractivity contribution is -0.131. The number of fused-ring (bicyclic) bond motifs is 1. The number of hydrogen-bond acceptors (Lipinski definition) is 5. The summed E-state index contributed by atoms with van der Waals surface area (Å²) in [6.07, 6.45) is 0.416. The third kappa shape index (κ3) is 3.22. The van der Waals surface area contributed by atoms with Crippen molar-refractivity contribution in [3.8, 4) is 11.4 Å². The van der Waals surface area contributed by atoms with Crippen LogP contribution in [-0.4, -0.2) is 48.7 Å². The highest BCUT2D eigenvalue weighted by Gasteiger charge is 2.36. The second-order valence-corrected chi connectivity index (χ2v) is 7.71. The summed E-state index contributed by atoms with van der Waals surface area (Å²) in [5, 5.41) is 16.0. The molecule has 1 saturated heterocycles. The maximum absolute atomic E-state index is 14.1. The summed E-state index contributed by atoms with van der Waals surface area (Å²) in [6.45, 7) is 6.69. The first-order chi connectivity index (χ1) is 12.8. The smallest absolute Gasteiger partial charge is 0.225 e. The molecule has 27 heavy (non-hydrogen) atoms. The first-order valence-electron chi connectivity index (χ1n) is 8.87. The van der Waals surface area contributed by atoms with Gasteiger partial charge in [-0.25, -0.2) is 4.39 Å². The van der Waals surface area contributed by atoms with Gasteiger partial charge in [0.2, 0.25) is 5.91 Å². The molecular weight excluding hydrogens is 347 g/mol. The molecule has 2 aromatic heterocycles. The number of likely N-dealkylation sites (tertiary alicyclic amines) is 1. The molecule has 1 amide bonds. The summed E-state index contributed by atoms with van der Waals surface area (Å²) in [4.78, 5) is 14.1. The molecule has 1 fully saturated rings. The molecular formula is C19H21FN6O. The van der Waals surface area contributed by atoms with Crippen LogP contribution in [-0.2, 0) is 4.79 Å². The summed E-state index contributed by atoms with van der Waals surface area (Å²) in [6, 6.07) is 9.92. The number of carbonyl (C=O) groups excluding carboxylic acids is 1. The highest BCUT2D eigenvalue weighted by atomic mass is 19.1. The molecule has 1 aromatic carbocycles. The van der Waals surface area contributed by atoms with E-state index in [0.717, 1.165) is 0 Å². The molecule has 0 bridgehead atoms. The number of nitrogens with zero attached hydrogens (tertiary/aromatic N) is 5. The molecule has 140 valence electrons. The van der Waals surface area contributed by atoms with E-state index in [-0.39, 0.29) is 23.3 Å². The van der Waals surface area contributed by atoms with Gasteiger partial charge in [0.05, 0.1) is 11.6 Å². The van der Waals surface area contributed by atoms with E-state index in [1.807, 2.05) is 25.7 Å². The number of aromatic nitrogens is 4. The van der Waals surface area contributed by atoms with Crippen molar-refractivity contribution in [2.75, 3.05) is 11.9 Å². The van der Waals surface area contributed by atoms with Gasteiger partial charge < -0.3 is 10.2 Å². The lowest BCUT2D eigenvalue weighted by atomic mass is 10.1. The second kappa shape index (κ2) is 6.29. The van der Waals surface area contributed by atoms with Crippen LogP contribution in [0.5, 0.6) is 0 Å². The molecule has 0 saturated carbocycles. The molecule has 1 N–H and O–H groups in total. The Balaban J connectivity index is 1.62. The number of benzene rings is 1. The number of anilines is 1. The van der Waals surface area contributed by atoms with Crippen LogP contribution in [0.25, 0.3) is 17.0 Å². The molecule has 1 aliphatic rings. The van der Waals surface area contributed by atoms with E-state index in [0.29, 0.717) is 35.8 Å². The van der Waals surface area contributed by atoms with Crippen molar-refractivity contribution in [1.82, 2.24) is 24.7 Å². The fourth-order valence-electron chi connectivity index (χ4n) is 3.34. The van der Waals surface area contributed by atoms with Crippen molar-refractivity contribution in [3.63, 3.8) is 0 Å². The van der Waals surface area contributed by atoms with Gasteiger partial charge in [-0.15, -0.1) is 15.3 Å². The topological polar surface area (TPSA) is 75.4 Å².